The van der Waals surface area contributed by atoms with Gasteiger partial charge in [0, 0.05) is 19.1 Å². The number of likely N-dealkylation sites (tertiary alicyclic amines) is 1. The van der Waals surface area contributed by atoms with Crippen molar-refractivity contribution in [3.63, 3.8) is 0 Å². The van der Waals surface area contributed by atoms with Crippen molar-refractivity contribution in [1.82, 2.24) is 4.90 Å². The third kappa shape index (κ3) is 4.02. The number of nitrogens with zero attached hydrogens (tertiary/aromatic N) is 1. The van der Waals surface area contributed by atoms with Crippen LogP contribution in [0, 0.1) is 0 Å². The number of carboxylic acids is 2. The predicted octanol–water partition coefficient (Wildman–Crippen LogP) is -3.70. The van der Waals surface area contributed by atoms with Gasteiger partial charge in [-0.3, -0.25) is 4.79 Å². The first-order valence-electron chi connectivity index (χ1n) is 6.44. The molecule has 4 N–H and O–H groups in total. The molecule has 2 unspecified atom stereocenters. The SMILES string of the molecule is CN1C(=O)CC1(C(=O)[O-])C(=O)[O-].NC1CCCCC1N.[Pt+2]. The van der Waals surface area contributed by atoms with Gasteiger partial charge in [0.25, 0.3) is 0 Å². The number of nitrogens with two attached hydrogens (primary N) is 2. The fourth-order valence-corrected chi connectivity index (χ4v) is 2.27. The molecule has 2 aliphatic rings. The minimum atomic E-state index is -2.25. The number of amides is 1. The van der Waals surface area contributed by atoms with Gasteiger partial charge >= 0.3 is 21.1 Å². The number of aliphatic carboxylic acids is 2. The van der Waals surface area contributed by atoms with Crippen LogP contribution in [0.15, 0.2) is 0 Å². The van der Waals surface area contributed by atoms with E-state index < -0.39 is 29.8 Å². The van der Waals surface area contributed by atoms with Crippen molar-refractivity contribution in [3.8, 4) is 0 Å². The number of carbonyl (C=O) groups excluding carboxylic acids is 3. The van der Waals surface area contributed by atoms with Crippen LogP contribution in [0.2, 0.25) is 0 Å². The van der Waals surface area contributed by atoms with Crippen molar-refractivity contribution in [2.75, 3.05) is 7.05 Å². The second-order valence-electron chi connectivity index (χ2n) is 5.18. The normalized spacial score (nSPS) is 26.6. The Hall–Kier alpha value is -0.982. The van der Waals surface area contributed by atoms with Crippen LogP contribution < -0.4 is 21.7 Å². The van der Waals surface area contributed by atoms with Crippen molar-refractivity contribution in [2.45, 2.75) is 49.7 Å². The molecular formula is C12H19N3O5Pt. The zero-order valence-corrected chi connectivity index (χ0v) is 13.9. The van der Waals surface area contributed by atoms with E-state index in [9.17, 15) is 24.6 Å². The molecule has 9 heteroatoms. The van der Waals surface area contributed by atoms with E-state index in [1.165, 1.54) is 12.8 Å². The quantitative estimate of drug-likeness (QED) is 0.305. The molecule has 1 saturated carbocycles. The molecule has 0 aromatic carbocycles. The summed E-state index contributed by atoms with van der Waals surface area (Å²) >= 11 is 0. The number of β-lactam (4-membered cyclic amide) rings is 1. The second kappa shape index (κ2) is 7.87. The molecule has 0 spiro atoms. The van der Waals surface area contributed by atoms with Crippen LogP contribution in [0.1, 0.15) is 32.1 Å². The molecule has 8 nitrogen and oxygen atoms in total. The van der Waals surface area contributed by atoms with Gasteiger partial charge in [0.1, 0.15) is 5.54 Å². The molecule has 2 atom stereocenters. The first-order chi connectivity index (χ1) is 9.23. The van der Waals surface area contributed by atoms with Crippen molar-refractivity contribution in [1.29, 1.82) is 0 Å². The van der Waals surface area contributed by atoms with E-state index in [0.29, 0.717) is 4.90 Å². The summed E-state index contributed by atoms with van der Waals surface area (Å²) in [6.07, 6.45) is 4.21. The van der Waals surface area contributed by atoms with Crippen molar-refractivity contribution in [2.24, 2.45) is 11.5 Å². The van der Waals surface area contributed by atoms with Gasteiger partial charge in [-0.2, -0.15) is 0 Å². The summed E-state index contributed by atoms with van der Waals surface area (Å²) in [7, 11) is 1.08. The first-order valence-corrected chi connectivity index (χ1v) is 6.44. The van der Waals surface area contributed by atoms with E-state index in [1.54, 1.807) is 0 Å². The van der Waals surface area contributed by atoms with Crippen LogP contribution in [0.5, 0.6) is 0 Å². The van der Waals surface area contributed by atoms with Gasteiger partial charge in [-0.1, -0.05) is 12.8 Å². The molecule has 122 valence electrons. The zero-order chi connectivity index (χ0) is 15.5. The Balaban J connectivity index is 0.000000390. The summed E-state index contributed by atoms with van der Waals surface area (Å²) < 4.78 is 0. The number of likely N-dealkylation sites (N-methyl/N-ethyl adjacent to an activating group) is 1. The Labute approximate surface area is 137 Å². The van der Waals surface area contributed by atoms with Crippen LogP contribution in [-0.2, 0) is 35.4 Å². The summed E-state index contributed by atoms with van der Waals surface area (Å²) in [6, 6.07) is 0.562. The summed E-state index contributed by atoms with van der Waals surface area (Å²) in [5, 5.41) is 20.8. The Bertz CT molecular complexity index is 394. The van der Waals surface area contributed by atoms with E-state index in [-0.39, 0.29) is 33.1 Å². The van der Waals surface area contributed by atoms with Gasteiger partial charge in [0.05, 0.1) is 18.4 Å². The molecule has 1 aliphatic heterocycles. The van der Waals surface area contributed by atoms with Crippen LogP contribution in [0.25, 0.3) is 0 Å². The minimum absolute atomic E-state index is 0. The molecule has 0 bridgehead atoms. The molecule has 1 aliphatic carbocycles. The Morgan fingerprint density at radius 3 is 1.67 bits per heavy atom. The smallest absolute Gasteiger partial charge is 0.547 e. The summed E-state index contributed by atoms with van der Waals surface area (Å²) in [6.45, 7) is 0. The average molecular weight is 480 g/mol. The molecule has 0 aromatic heterocycles. The molecular weight excluding hydrogens is 461 g/mol. The maximum Gasteiger partial charge on any atom is 2.00 e. The maximum absolute atomic E-state index is 10.6. The topological polar surface area (TPSA) is 153 Å². The number of carbonyl (C=O) groups is 3. The number of rotatable bonds is 2. The van der Waals surface area contributed by atoms with Crippen LogP contribution >= 0.6 is 0 Å². The van der Waals surface area contributed by atoms with Gasteiger partial charge in [0.2, 0.25) is 5.91 Å². The average Bonchev–Trinajstić information content (AvgIpc) is 2.38. The van der Waals surface area contributed by atoms with Crippen molar-refractivity contribution >= 4 is 17.8 Å². The van der Waals surface area contributed by atoms with E-state index in [0.717, 1.165) is 19.9 Å². The molecule has 1 heterocycles. The second-order valence-corrected chi connectivity index (χ2v) is 5.18. The molecule has 0 radical (unpaired) electrons. The van der Waals surface area contributed by atoms with Crippen molar-refractivity contribution < 1.29 is 45.7 Å². The fourth-order valence-electron chi connectivity index (χ4n) is 2.27. The van der Waals surface area contributed by atoms with E-state index in [4.69, 9.17) is 11.5 Å². The van der Waals surface area contributed by atoms with Gasteiger partial charge in [0.15, 0.2) is 0 Å². The van der Waals surface area contributed by atoms with Crippen LogP contribution in [0.4, 0.5) is 0 Å². The van der Waals surface area contributed by atoms with Gasteiger partial charge in [-0.05, 0) is 12.8 Å². The molecule has 0 aromatic rings. The molecule has 1 saturated heterocycles. The third-order valence-corrected chi connectivity index (χ3v) is 3.90. The van der Waals surface area contributed by atoms with E-state index >= 15 is 0 Å². The third-order valence-electron chi connectivity index (χ3n) is 3.90. The monoisotopic (exact) mass is 480 g/mol. The maximum atomic E-state index is 10.6. The number of carboxylic acid groups (broad SMARTS) is 2. The van der Waals surface area contributed by atoms with Gasteiger partial charge in [-0.25, -0.2) is 0 Å². The fraction of sp³-hybridized carbons (Fsp3) is 0.750. The summed E-state index contributed by atoms with van der Waals surface area (Å²) in [4.78, 5) is 31.9. The van der Waals surface area contributed by atoms with Crippen LogP contribution in [-0.4, -0.2) is 47.4 Å². The Morgan fingerprint density at radius 1 is 1.14 bits per heavy atom. The van der Waals surface area contributed by atoms with Crippen molar-refractivity contribution in [3.05, 3.63) is 0 Å². The number of hydrogen-bond donors (Lipinski definition) is 2. The predicted molar refractivity (Wildman–Crippen MR) is 64.6 cm³/mol. The Kier molecular flexibility index (Phi) is 7.50. The largest absolute Gasteiger partial charge is 2.00 e. The first kappa shape index (κ1) is 20.0. The minimum Gasteiger partial charge on any atom is -0.547 e. The van der Waals surface area contributed by atoms with Gasteiger partial charge < -0.3 is 36.2 Å². The standard InChI is InChI=1S/C6H14N2.C6H7NO5.Pt/c7-5-3-1-2-4-6(5)8;1-7-3(8)2-6(7,4(9)10)5(11)12;/h5-6H,1-4,7-8H2;2H2,1H3,(H,9,10)(H,11,12);/q;;+2/p-2. The number of hydrogen-bond acceptors (Lipinski definition) is 7. The molecule has 1 amide bonds. The van der Waals surface area contributed by atoms with Crippen LogP contribution in [0.3, 0.4) is 0 Å². The molecule has 21 heavy (non-hydrogen) atoms. The summed E-state index contributed by atoms with van der Waals surface area (Å²) in [5.74, 6) is -4.18. The Morgan fingerprint density at radius 2 is 1.52 bits per heavy atom. The molecule has 2 fully saturated rings. The summed E-state index contributed by atoms with van der Waals surface area (Å²) in [5.41, 5.74) is 9.05. The van der Waals surface area contributed by atoms with E-state index in [1.807, 2.05) is 0 Å². The molecule has 2 rings (SSSR count). The van der Waals surface area contributed by atoms with Gasteiger partial charge in [-0.15, -0.1) is 0 Å². The zero-order valence-electron chi connectivity index (χ0n) is 11.6. The van der Waals surface area contributed by atoms with E-state index in [2.05, 4.69) is 0 Å².